The topological polar surface area (TPSA) is 131 Å². The normalized spacial score (nSPS) is 14.5. The fourth-order valence-electron chi connectivity index (χ4n) is 4.40. The van der Waals surface area contributed by atoms with Gasteiger partial charge in [0, 0.05) is 34.1 Å². The van der Waals surface area contributed by atoms with Crippen LogP contribution in [-0.2, 0) is 11.3 Å². The number of halogens is 2. The van der Waals surface area contributed by atoms with E-state index in [9.17, 15) is 18.8 Å². The molecule has 0 radical (unpaired) electrons. The molecule has 39 heavy (non-hydrogen) atoms. The molecule has 0 bridgehead atoms. The van der Waals surface area contributed by atoms with E-state index in [0.29, 0.717) is 11.1 Å². The highest BCUT2D eigenvalue weighted by Crippen LogP contribution is 2.36. The molecular weight excluding hydrogens is 545 g/mol. The molecule has 13 heteroatoms. The summed E-state index contributed by atoms with van der Waals surface area (Å²) in [4.78, 5) is 47.8. The molecule has 1 aliphatic heterocycles. The minimum atomic E-state index is -1.01. The van der Waals surface area contributed by atoms with Gasteiger partial charge >= 0.3 is 0 Å². The van der Waals surface area contributed by atoms with Gasteiger partial charge in [-0.1, -0.05) is 29.8 Å². The number of pyridine rings is 1. The average molecular weight is 562 g/mol. The van der Waals surface area contributed by atoms with Crippen molar-refractivity contribution >= 4 is 62.4 Å². The van der Waals surface area contributed by atoms with Gasteiger partial charge < -0.3 is 20.5 Å². The number of hydrogen-bond donors (Lipinski definition) is 3. The Bertz CT molecular complexity index is 1770. The number of rotatable bonds is 5. The predicted octanol–water partition coefficient (Wildman–Crippen LogP) is 4.40. The van der Waals surface area contributed by atoms with Crippen LogP contribution >= 0.6 is 23.1 Å². The number of nitrogens with one attached hydrogen (secondary N) is 3. The van der Waals surface area contributed by atoms with Gasteiger partial charge in [-0.05, 0) is 47.9 Å². The zero-order valence-corrected chi connectivity index (χ0v) is 21.4. The molecular formula is C26H17ClFN7O3S. The number of carbonyl (C=O) groups excluding carboxylic acids is 3. The van der Waals surface area contributed by atoms with Crippen LogP contribution in [0.15, 0.2) is 67.0 Å². The maximum absolute atomic E-state index is 14.3. The standard InChI is InChI=1S/C26H17ClFN7O3S/c27-17-6-5-13(28)11-16(17)20-22-23(33-25(37)21-15-3-1-2-4-18(15)39-34-21)32-24(35(22)12-19(36)31-20)26(38)30-14-7-9-29-10-8-14/h1-11,20H,12H2,(H,31,36)(H,33,37)(H,29,30,38)/t20-/m1/s1. The van der Waals surface area contributed by atoms with E-state index < -0.39 is 29.6 Å². The number of benzene rings is 2. The Balaban J connectivity index is 1.47. The molecule has 0 aliphatic carbocycles. The molecule has 10 nitrogen and oxygen atoms in total. The van der Waals surface area contributed by atoms with Crippen LogP contribution in [0.5, 0.6) is 0 Å². The molecule has 3 amide bonds. The molecule has 6 rings (SSSR count). The summed E-state index contributed by atoms with van der Waals surface area (Å²) in [6, 6.07) is 13.2. The highest BCUT2D eigenvalue weighted by molar-refractivity contribution is 7.13. The lowest BCUT2D eigenvalue weighted by atomic mass is 10.0. The van der Waals surface area contributed by atoms with Crippen molar-refractivity contribution in [2.24, 2.45) is 0 Å². The van der Waals surface area contributed by atoms with Gasteiger partial charge in [-0.3, -0.25) is 19.4 Å². The Morgan fingerprint density at radius 2 is 1.87 bits per heavy atom. The SMILES string of the molecule is O=C1Cn2c(C(=O)Nc3ccncc3)nc(NC(=O)c3nsc4ccccc34)c2[C@@H](c2cc(F)ccc2Cl)N1. The summed E-state index contributed by atoms with van der Waals surface area (Å²) in [5.74, 6) is -2.34. The van der Waals surface area contributed by atoms with Crippen molar-refractivity contribution in [2.75, 3.05) is 10.6 Å². The number of imidazole rings is 1. The summed E-state index contributed by atoms with van der Waals surface area (Å²) < 4.78 is 20.7. The first-order valence-electron chi connectivity index (χ1n) is 11.6. The highest BCUT2D eigenvalue weighted by Gasteiger charge is 2.36. The van der Waals surface area contributed by atoms with Gasteiger partial charge in [0.1, 0.15) is 18.1 Å². The smallest absolute Gasteiger partial charge is 0.291 e. The van der Waals surface area contributed by atoms with Gasteiger partial charge in [-0.15, -0.1) is 0 Å². The van der Waals surface area contributed by atoms with Crippen molar-refractivity contribution in [2.45, 2.75) is 12.6 Å². The van der Waals surface area contributed by atoms with E-state index >= 15 is 0 Å². The lowest BCUT2D eigenvalue weighted by Gasteiger charge is -2.28. The van der Waals surface area contributed by atoms with Crippen molar-refractivity contribution in [3.63, 3.8) is 0 Å². The summed E-state index contributed by atoms with van der Waals surface area (Å²) >= 11 is 7.57. The lowest BCUT2D eigenvalue weighted by Crippen LogP contribution is -2.40. The monoisotopic (exact) mass is 561 g/mol. The van der Waals surface area contributed by atoms with Crippen LogP contribution in [-0.4, -0.2) is 36.6 Å². The first kappa shape index (κ1) is 24.6. The number of carbonyl (C=O) groups is 3. The molecule has 0 saturated heterocycles. The van der Waals surface area contributed by atoms with Gasteiger partial charge in [-0.2, -0.15) is 4.37 Å². The van der Waals surface area contributed by atoms with Gasteiger partial charge in [0.25, 0.3) is 11.8 Å². The zero-order valence-electron chi connectivity index (χ0n) is 19.8. The summed E-state index contributed by atoms with van der Waals surface area (Å²) in [5.41, 5.74) is 1.13. The second-order valence-corrected chi connectivity index (χ2v) is 9.81. The van der Waals surface area contributed by atoms with Gasteiger partial charge in [0.05, 0.1) is 16.4 Å². The molecule has 2 aromatic carbocycles. The summed E-state index contributed by atoms with van der Waals surface area (Å²) in [6.45, 7) is -0.264. The molecule has 0 fully saturated rings. The zero-order chi connectivity index (χ0) is 27.1. The third-order valence-electron chi connectivity index (χ3n) is 6.12. The van der Waals surface area contributed by atoms with Crippen LogP contribution in [0.25, 0.3) is 10.1 Å². The fraction of sp³-hybridized carbons (Fsp3) is 0.0769. The minimum absolute atomic E-state index is 0.00212. The molecule has 0 saturated carbocycles. The van der Waals surface area contributed by atoms with Crippen molar-refractivity contribution in [1.29, 1.82) is 0 Å². The quantitative estimate of drug-likeness (QED) is 0.291. The largest absolute Gasteiger partial charge is 0.342 e. The third kappa shape index (κ3) is 4.60. The Labute approximate surface area is 229 Å². The van der Waals surface area contributed by atoms with Gasteiger partial charge in [0.2, 0.25) is 11.7 Å². The number of hydrogen-bond acceptors (Lipinski definition) is 7. The summed E-state index contributed by atoms with van der Waals surface area (Å²) in [5, 5.41) is 9.08. The van der Waals surface area contributed by atoms with E-state index in [1.807, 2.05) is 12.1 Å². The fourth-order valence-corrected chi connectivity index (χ4v) is 5.40. The Morgan fingerprint density at radius 1 is 1.08 bits per heavy atom. The Kier molecular flexibility index (Phi) is 6.25. The summed E-state index contributed by atoms with van der Waals surface area (Å²) in [6.07, 6.45) is 3.02. The van der Waals surface area contributed by atoms with Crippen molar-refractivity contribution in [3.05, 3.63) is 101 Å². The number of amides is 3. The third-order valence-corrected chi connectivity index (χ3v) is 7.29. The van der Waals surface area contributed by atoms with Gasteiger partial charge in [0.15, 0.2) is 5.82 Å². The number of fused-ring (bicyclic) bond motifs is 2. The molecule has 194 valence electrons. The number of anilines is 2. The molecule has 1 atom stereocenters. The number of nitrogens with zero attached hydrogens (tertiary/aromatic N) is 4. The van der Waals surface area contributed by atoms with Gasteiger partial charge in [-0.25, -0.2) is 9.37 Å². The van der Waals surface area contributed by atoms with E-state index in [0.717, 1.165) is 4.70 Å². The van der Waals surface area contributed by atoms with Crippen molar-refractivity contribution < 1.29 is 18.8 Å². The Hall–Kier alpha value is -4.68. The molecule has 0 unspecified atom stereocenters. The van der Waals surface area contributed by atoms with Crippen LogP contribution in [0, 0.1) is 5.82 Å². The van der Waals surface area contributed by atoms with E-state index in [1.54, 1.807) is 24.3 Å². The predicted molar refractivity (Wildman–Crippen MR) is 143 cm³/mol. The van der Waals surface area contributed by atoms with E-state index in [-0.39, 0.29) is 40.2 Å². The molecule has 4 heterocycles. The molecule has 5 aromatic rings. The van der Waals surface area contributed by atoms with E-state index in [4.69, 9.17) is 11.6 Å². The van der Waals surface area contributed by atoms with Crippen LogP contribution in [0.2, 0.25) is 5.02 Å². The second-order valence-electron chi connectivity index (χ2n) is 8.59. The van der Waals surface area contributed by atoms with Crippen LogP contribution in [0.3, 0.4) is 0 Å². The molecule has 3 aromatic heterocycles. The summed E-state index contributed by atoms with van der Waals surface area (Å²) in [7, 11) is 0. The van der Waals surface area contributed by atoms with Crippen LogP contribution in [0.4, 0.5) is 15.9 Å². The highest BCUT2D eigenvalue weighted by atomic mass is 35.5. The van der Waals surface area contributed by atoms with Crippen molar-refractivity contribution in [3.8, 4) is 0 Å². The maximum atomic E-state index is 14.3. The average Bonchev–Trinajstić information content (AvgIpc) is 3.52. The lowest BCUT2D eigenvalue weighted by molar-refractivity contribution is -0.123. The second kappa shape index (κ2) is 9.89. The minimum Gasteiger partial charge on any atom is -0.342 e. The van der Waals surface area contributed by atoms with Crippen molar-refractivity contribution in [1.82, 2.24) is 24.2 Å². The molecule has 0 spiro atoms. The van der Waals surface area contributed by atoms with Crippen LogP contribution in [0.1, 0.15) is 38.4 Å². The first-order chi connectivity index (χ1) is 18.9. The maximum Gasteiger partial charge on any atom is 0.291 e. The van der Waals surface area contributed by atoms with Crippen LogP contribution < -0.4 is 16.0 Å². The van der Waals surface area contributed by atoms with E-state index in [2.05, 4.69) is 30.3 Å². The molecule has 1 aliphatic rings. The Morgan fingerprint density at radius 3 is 2.69 bits per heavy atom. The molecule has 3 N–H and O–H groups in total. The number of aromatic nitrogens is 4. The van der Waals surface area contributed by atoms with E-state index in [1.165, 1.54) is 46.7 Å². The first-order valence-corrected chi connectivity index (χ1v) is 12.8.